The van der Waals surface area contributed by atoms with Crippen LogP contribution in [0.1, 0.15) is 115 Å². The first-order chi connectivity index (χ1) is 33.4. The highest BCUT2D eigenvalue weighted by Gasteiger charge is 2.24. The molecule has 3 aromatic carbocycles. The average Bonchev–Trinajstić information content (AvgIpc) is 4.21. The zero-order valence-corrected chi connectivity index (χ0v) is 46.5. The van der Waals surface area contributed by atoms with E-state index in [0.29, 0.717) is 52.0 Å². The van der Waals surface area contributed by atoms with Gasteiger partial charge in [-0.15, -0.1) is 37.2 Å². The first kappa shape index (κ1) is 67.0. The summed E-state index contributed by atoms with van der Waals surface area (Å²) in [6.07, 6.45) is 4.47. The highest BCUT2D eigenvalue weighted by atomic mass is 35.5. The van der Waals surface area contributed by atoms with Gasteiger partial charge in [0.2, 0.25) is 0 Å². The van der Waals surface area contributed by atoms with E-state index in [-0.39, 0.29) is 73.1 Å². The molecule has 19 heteroatoms. The molecule has 6 rings (SSSR count). The Hall–Kier alpha value is -4.98. The monoisotopic (exact) mass is 1110 g/mol. The lowest BCUT2D eigenvalue weighted by Gasteiger charge is -2.30. The van der Waals surface area contributed by atoms with Crippen molar-refractivity contribution in [2.45, 2.75) is 66.6 Å². The molecular weight excluding hydrogens is 1040 g/mol. The predicted molar refractivity (Wildman–Crippen MR) is 297 cm³/mol. The Kier molecular flexibility index (Phi) is 35.1. The molecule has 3 unspecified atom stereocenters. The third kappa shape index (κ3) is 21.2. The number of amides is 3. The maximum atomic E-state index is 12.1. The molecule has 0 fully saturated rings. The van der Waals surface area contributed by atoms with Crippen molar-refractivity contribution in [1.29, 1.82) is 5.26 Å². The van der Waals surface area contributed by atoms with Gasteiger partial charge in [0.15, 0.2) is 17.3 Å². The number of nitrogens with one attached hydrogen (secondary N) is 3. The lowest BCUT2D eigenvalue weighted by Crippen LogP contribution is -2.38. The van der Waals surface area contributed by atoms with E-state index in [4.69, 9.17) is 53.3 Å². The molecule has 13 nitrogen and oxygen atoms in total. The minimum Gasteiger partial charge on any atom is -0.459 e. The van der Waals surface area contributed by atoms with Crippen LogP contribution in [0.5, 0.6) is 0 Å². The molecule has 0 spiro atoms. The Bertz CT molecular complexity index is 2150. The van der Waals surface area contributed by atoms with Crippen molar-refractivity contribution in [2.75, 3.05) is 58.9 Å². The molecule has 6 aromatic rings. The standard InChI is InChI=1S/3C17H21ClN2O2.C2H3N.3ClH/c3*1-3-20(4-2)15(13-8-5-6-9-14(13)18)12-19-17(21)16-10-7-11-22-16;1-2-3;;;/h3*5-11,15H,3-4,12H2,1-2H3,(H,19,21);1H3;3*1H. The second-order valence-electron chi connectivity index (χ2n) is 15.1. The largest absolute Gasteiger partial charge is 0.459 e. The number of hydrogen-bond donors (Lipinski definition) is 3. The summed E-state index contributed by atoms with van der Waals surface area (Å²) in [6.45, 7) is 20.7. The van der Waals surface area contributed by atoms with Crippen LogP contribution in [0.2, 0.25) is 15.1 Å². The van der Waals surface area contributed by atoms with E-state index in [0.717, 1.165) is 56.0 Å². The lowest BCUT2D eigenvalue weighted by atomic mass is 10.0. The molecule has 0 saturated carbocycles. The maximum absolute atomic E-state index is 12.1. The number of likely N-dealkylation sites (N-methyl/N-ethyl adjacent to an activating group) is 3. The zero-order chi connectivity index (χ0) is 50.6. The minimum atomic E-state index is -0.214. The van der Waals surface area contributed by atoms with E-state index < -0.39 is 0 Å². The summed E-state index contributed by atoms with van der Waals surface area (Å²) in [7, 11) is 0. The predicted octanol–water partition coefficient (Wildman–Crippen LogP) is 13.0. The number of benzene rings is 3. The molecule has 3 heterocycles. The van der Waals surface area contributed by atoms with Crippen LogP contribution >= 0.6 is 72.0 Å². The van der Waals surface area contributed by atoms with E-state index in [1.807, 2.05) is 72.8 Å². The molecule has 72 heavy (non-hydrogen) atoms. The second kappa shape index (κ2) is 37.7. The number of carbonyl (C=O) groups is 3. The number of furan rings is 3. The van der Waals surface area contributed by atoms with Crippen LogP contribution in [-0.2, 0) is 0 Å². The number of carbonyl (C=O) groups excluding carboxylic acids is 3. The van der Waals surface area contributed by atoms with Crippen molar-refractivity contribution >= 4 is 89.7 Å². The highest BCUT2D eigenvalue weighted by Crippen LogP contribution is 2.29. The van der Waals surface area contributed by atoms with E-state index in [1.165, 1.54) is 25.7 Å². The fourth-order valence-electron chi connectivity index (χ4n) is 7.59. The highest BCUT2D eigenvalue weighted by molar-refractivity contribution is 6.32. The van der Waals surface area contributed by atoms with Crippen molar-refractivity contribution in [2.24, 2.45) is 0 Å². The SMILES string of the molecule is CC#N.CCN(CC)C(CNC(=O)c1ccco1)c1ccccc1Cl.CCN(CC)C(CNC(=O)c1ccco1)c1ccccc1Cl.CCN(CC)C(CNC(=O)c1ccco1)c1ccccc1Cl.Cl.Cl.Cl. The van der Waals surface area contributed by atoms with Crippen LogP contribution in [0.4, 0.5) is 0 Å². The molecule has 0 bridgehead atoms. The van der Waals surface area contributed by atoms with Gasteiger partial charge in [-0.05, 0) is 111 Å². The molecule has 394 valence electrons. The van der Waals surface area contributed by atoms with Gasteiger partial charge in [0.1, 0.15) is 0 Å². The third-order valence-corrected chi connectivity index (χ3v) is 12.2. The molecule has 3 aromatic heterocycles. The Morgan fingerprint density at radius 1 is 0.458 bits per heavy atom. The first-order valence-electron chi connectivity index (χ1n) is 23.1. The average molecular weight is 1110 g/mol. The van der Waals surface area contributed by atoms with Gasteiger partial charge >= 0.3 is 0 Å². The molecule has 3 atom stereocenters. The molecule has 3 amide bonds. The Balaban J connectivity index is 0.00000100. The van der Waals surface area contributed by atoms with E-state index in [2.05, 4.69) is 72.2 Å². The second-order valence-corrected chi connectivity index (χ2v) is 16.3. The molecule has 0 saturated heterocycles. The van der Waals surface area contributed by atoms with Crippen molar-refractivity contribution in [1.82, 2.24) is 30.7 Å². The number of halogens is 6. The van der Waals surface area contributed by atoms with E-state index >= 15 is 0 Å². The summed E-state index contributed by atoms with van der Waals surface area (Å²) in [4.78, 5) is 43.0. The van der Waals surface area contributed by atoms with Gasteiger partial charge in [0, 0.05) is 41.6 Å². The van der Waals surface area contributed by atoms with Crippen LogP contribution in [0.25, 0.3) is 0 Å². The van der Waals surface area contributed by atoms with Crippen LogP contribution in [0, 0.1) is 11.3 Å². The fraction of sp³-hybridized carbons (Fsp3) is 0.358. The number of rotatable bonds is 21. The normalized spacial score (nSPS) is 11.4. The minimum absolute atomic E-state index is 0. The van der Waals surface area contributed by atoms with Gasteiger partial charge in [0.25, 0.3) is 17.7 Å². The van der Waals surface area contributed by atoms with Gasteiger partial charge < -0.3 is 29.2 Å². The summed E-state index contributed by atoms with van der Waals surface area (Å²) in [5.74, 6) is 0.310. The van der Waals surface area contributed by atoms with Crippen LogP contribution in [0.15, 0.2) is 141 Å². The molecule has 0 aliphatic heterocycles. The number of hydrogen-bond acceptors (Lipinski definition) is 10. The summed E-state index contributed by atoms with van der Waals surface area (Å²) in [5, 5.41) is 18.2. The van der Waals surface area contributed by atoms with Crippen molar-refractivity contribution in [3.05, 3.63) is 177 Å². The van der Waals surface area contributed by atoms with Crippen LogP contribution < -0.4 is 16.0 Å². The van der Waals surface area contributed by atoms with Crippen molar-refractivity contribution in [3.8, 4) is 6.07 Å². The summed E-state index contributed by atoms with van der Waals surface area (Å²) >= 11 is 19.0. The molecular formula is C53H69Cl6N7O6. The van der Waals surface area contributed by atoms with Gasteiger partial charge in [-0.2, -0.15) is 5.26 Å². The van der Waals surface area contributed by atoms with Crippen molar-refractivity contribution < 1.29 is 27.6 Å². The third-order valence-electron chi connectivity index (χ3n) is 11.2. The van der Waals surface area contributed by atoms with E-state index in [9.17, 15) is 14.4 Å². The molecule has 0 aliphatic rings. The lowest BCUT2D eigenvalue weighted by molar-refractivity contribution is 0.0900. The number of nitriles is 1. The summed E-state index contributed by atoms with van der Waals surface area (Å²) < 4.78 is 15.4. The smallest absolute Gasteiger partial charge is 0.287 e. The van der Waals surface area contributed by atoms with Crippen LogP contribution in [-0.4, -0.2) is 91.3 Å². The quantitative estimate of drug-likeness (QED) is 0.0633. The maximum Gasteiger partial charge on any atom is 0.287 e. The van der Waals surface area contributed by atoms with Crippen molar-refractivity contribution in [3.63, 3.8) is 0 Å². The van der Waals surface area contributed by atoms with Gasteiger partial charge in [-0.1, -0.05) is 131 Å². The zero-order valence-electron chi connectivity index (χ0n) is 41.8. The van der Waals surface area contributed by atoms with E-state index in [1.54, 1.807) is 42.5 Å². The topological polar surface area (TPSA) is 160 Å². The summed E-state index contributed by atoms with van der Waals surface area (Å²) in [5.41, 5.74) is 3.06. The van der Waals surface area contributed by atoms with Gasteiger partial charge in [-0.25, -0.2) is 0 Å². The summed E-state index contributed by atoms with van der Waals surface area (Å²) in [6, 6.07) is 35.2. The Morgan fingerprint density at radius 2 is 0.681 bits per heavy atom. The number of nitrogens with zero attached hydrogens (tertiary/aromatic N) is 4. The van der Waals surface area contributed by atoms with Crippen LogP contribution in [0.3, 0.4) is 0 Å². The molecule has 0 aliphatic carbocycles. The fourth-order valence-corrected chi connectivity index (χ4v) is 8.37. The first-order valence-corrected chi connectivity index (χ1v) is 24.3. The Labute approximate surface area is 459 Å². The molecule has 0 radical (unpaired) electrons. The molecule has 3 N–H and O–H groups in total. The van der Waals surface area contributed by atoms with Gasteiger partial charge in [-0.3, -0.25) is 29.1 Å². The van der Waals surface area contributed by atoms with Gasteiger partial charge in [0.05, 0.1) is 43.0 Å². The Morgan fingerprint density at radius 3 is 0.861 bits per heavy atom.